The van der Waals surface area contributed by atoms with Gasteiger partial charge in [-0.1, -0.05) is 29.8 Å². The van der Waals surface area contributed by atoms with Crippen molar-refractivity contribution in [2.45, 2.75) is 34.1 Å². The fourth-order valence-electron chi connectivity index (χ4n) is 2.82. The largest absolute Gasteiger partial charge is 0.372 e. The first-order valence-electron chi connectivity index (χ1n) is 8.99. The number of amides is 2. The summed E-state index contributed by atoms with van der Waals surface area (Å²) in [6, 6.07) is 14.4. The van der Waals surface area contributed by atoms with E-state index in [0.717, 1.165) is 30.8 Å². The Balaban J connectivity index is 1.86. The monoisotopic (exact) mass is 339 g/mol. The van der Waals surface area contributed by atoms with Gasteiger partial charge in [-0.25, -0.2) is 4.79 Å². The van der Waals surface area contributed by atoms with Crippen molar-refractivity contribution in [1.82, 2.24) is 5.32 Å². The Morgan fingerprint density at radius 1 is 1.00 bits per heavy atom. The molecule has 134 valence electrons. The molecule has 4 nitrogen and oxygen atoms in total. The summed E-state index contributed by atoms with van der Waals surface area (Å²) in [5, 5.41) is 5.86. The van der Waals surface area contributed by atoms with E-state index < -0.39 is 0 Å². The zero-order valence-electron chi connectivity index (χ0n) is 15.7. The minimum atomic E-state index is -0.161. The van der Waals surface area contributed by atoms with Crippen molar-refractivity contribution in [3.8, 4) is 0 Å². The third-order valence-corrected chi connectivity index (χ3v) is 4.41. The van der Waals surface area contributed by atoms with Gasteiger partial charge in [0.25, 0.3) is 0 Å². The van der Waals surface area contributed by atoms with E-state index in [1.165, 1.54) is 16.8 Å². The maximum absolute atomic E-state index is 12.1. The Morgan fingerprint density at radius 2 is 1.68 bits per heavy atom. The SMILES string of the molecule is CCN(CC)c1ccc(NC(=O)NCCc2ccc(C)cc2)c(C)c1. The number of nitrogens with one attached hydrogen (secondary N) is 2. The van der Waals surface area contributed by atoms with Crippen molar-refractivity contribution in [1.29, 1.82) is 0 Å². The third kappa shape index (κ3) is 5.52. The number of benzene rings is 2. The molecule has 2 aromatic carbocycles. The van der Waals surface area contributed by atoms with Crippen LogP contribution in [-0.2, 0) is 6.42 Å². The molecule has 0 fully saturated rings. The minimum absolute atomic E-state index is 0.161. The normalized spacial score (nSPS) is 10.4. The Labute approximate surface area is 151 Å². The minimum Gasteiger partial charge on any atom is -0.372 e. The van der Waals surface area contributed by atoms with Gasteiger partial charge in [0, 0.05) is 31.0 Å². The van der Waals surface area contributed by atoms with Crippen molar-refractivity contribution in [3.05, 3.63) is 59.2 Å². The van der Waals surface area contributed by atoms with Crippen LogP contribution in [0, 0.1) is 13.8 Å². The van der Waals surface area contributed by atoms with Gasteiger partial charge in [-0.2, -0.15) is 0 Å². The van der Waals surface area contributed by atoms with Gasteiger partial charge in [0.2, 0.25) is 0 Å². The van der Waals surface area contributed by atoms with Gasteiger partial charge in [-0.3, -0.25) is 0 Å². The molecule has 0 saturated carbocycles. The smallest absolute Gasteiger partial charge is 0.319 e. The summed E-state index contributed by atoms with van der Waals surface area (Å²) in [7, 11) is 0. The van der Waals surface area contributed by atoms with Gasteiger partial charge >= 0.3 is 6.03 Å². The summed E-state index contributed by atoms with van der Waals surface area (Å²) in [5.41, 5.74) is 5.58. The second kappa shape index (κ2) is 9.11. The Bertz CT molecular complexity index is 691. The van der Waals surface area contributed by atoms with Crippen LogP contribution in [0.2, 0.25) is 0 Å². The number of rotatable bonds is 7. The molecule has 2 amide bonds. The quantitative estimate of drug-likeness (QED) is 0.779. The van der Waals surface area contributed by atoms with E-state index in [1.54, 1.807) is 0 Å². The standard InChI is InChI=1S/C21H29N3O/c1-5-24(6-2)19-11-12-20(17(4)15-19)23-21(25)22-14-13-18-9-7-16(3)8-10-18/h7-12,15H,5-6,13-14H2,1-4H3,(H2,22,23,25). The van der Waals surface area contributed by atoms with Crippen LogP contribution in [0.25, 0.3) is 0 Å². The number of anilines is 2. The van der Waals surface area contributed by atoms with Crippen LogP contribution in [0.5, 0.6) is 0 Å². The Hall–Kier alpha value is -2.49. The Morgan fingerprint density at radius 3 is 2.28 bits per heavy atom. The molecule has 2 N–H and O–H groups in total. The molecule has 0 heterocycles. The lowest BCUT2D eigenvalue weighted by Crippen LogP contribution is -2.30. The molecule has 0 saturated heterocycles. The highest BCUT2D eigenvalue weighted by Crippen LogP contribution is 2.22. The Kier molecular flexibility index (Phi) is 6.87. The average Bonchev–Trinajstić information content (AvgIpc) is 2.60. The van der Waals surface area contributed by atoms with Gasteiger partial charge in [0.1, 0.15) is 0 Å². The molecular weight excluding hydrogens is 310 g/mol. The molecule has 2 rings (SSSR count). The predicted octanol–water partition coefficient (Wildman–Crippen LogP) is 4.51. The van der Waals surface area contributed by atoms with Crippen molar-refractivity contribution >= 4 is 17.4 Å². The highest BCUT2D eigenvalue weighted by atomic mass is 16.2. The maximum atomic E-state index is 12.1. The van der Waals surface area contributed by atoms with Crippen LogP contribution >= 0.6 is 0 Å². The molecule has 0 aliphatic rings. The summed E-state index contributed by atoms with van der Waals surface area (Å²) in [4.78, 5) is 14.4. The first-order valence-corrected chi connectivity index (χ1v) is 8.99. The van der Waals surface area contributed by atoms with Gasteiger partial charge in [0.05, 0.1) is 0 Å². The zero-order chi connectivity index (χ0) is 18.2. The number of hydrogen-bond donors (Lipinski definition) is 2. The van der Waals surface area contributed by atoms with Crippen molar-refractivity contribution in [2.24, 2.45) is 0 Å². The molecular formula is C21H29N3O. The second-order valence-corrected chi connectivity index (χ2v) is 6.29. The summed E-state index contributed by atoms with van der Waals surface area (Å²) in [6.45, 7) is 11.0. The van der Waals surface area contributed by atoms with Crippen LogP contribution < -0.4 is 15.5 Å². The number of urea groups is 1. The van der Waals surface area contributed by atoms with Gasteiger partial charge in [-0.15, -0.1) is 0 Å². The lowest BCUT2D eigenvalue weighted by molar-refractivity contribution is 0.252. The lowest BCUT2D eigenvalue weighted by Gasteiger charge is -2.22. The summed E-state index contributed by atoms with van der Waals surface area (Å²) < 4.78 is 0. The van der Waals surface area contributed by atoms with Crippen LogP contribution in [0.1, 0.15) is 30.5 Å². The molecule has 25 heavy (non-hydrogen) atoms. The molecule has 0 spiro atoms. The summed E-state index contributed by atoms with van der Waals surface area (Å²) in [6.07, 6.45) is 0.827. The first kappa shape index (κ1) is 18.8. The number of carbonyl (C=O) groups excluding carboxylic acids is 1. The van der Waals surface area contributed by atoms with Crippen molar-refractivity contribution in [2.75, 3.05) is 29.9 Å². The molecule has 0 bridgehead atoms. The van der Waals surface area contributed by atoms with E-state index in [0.29, 0.717) is 6.54 Å². The van der Waals surface area contributed by atoms with E-state index in [-0.39, 0.29) is 6.03 Å². The molecule has 0 aromatic heterocycles. The van der Waals surface area contributed by atoms with E-state index >= 15 is 0 Å². The van der Waals surface area contributed by atoms with E-state index in [2.05, 4.69) is 72.7 Å². The van der Waals surface area contributed by atoms with E-state index in [9.17, 15) is 4.79 Å². The molecule has 0 unspecified atom stereocenters. The fourth-order valence-corrected chi connectivity index (χ4v) is 2.82. The van der Waals surface area contributed by atoms with Crippen molar-refractivity contribution < 1.29 is 4.79 Å². The van der Waals surface area contributed by atoms with Gasteiger partial charge in [-0.05, 0) is 63.4 Å². The third-order valence-electron chi connectivity index (χ3n) is 4.41. The second-order valence-electron chi connectivity index (χ2n) is 6.29. The molecule has 4 heteroatoms. The van der Waals surface area contributed by atoms with Crippen LogP contribution in [0.4, 0.5) is 16.2 Å². The van der Waals surface area contributed by atoms with Gasteiger partial charge < -0.3 is 15.5 Å². The molecule has 0 atom stereocenters. The number of carbonyl (C=O) groups is 1. The predicted molar refractivity (Wildman–Crippen MR) is 107 cm³/mol. The van der Waals surface area contributed by atoms with E-state index in [4.69, 9.17) is 0 Å². The summed E-state index contributed by atoms with van der Waals surface area (Å²) >= 11 is 0. The number of hydrogen-bond acceptors (Lipinski definition) is 2. The topological polar surface area (TPSA) is 44.4 Å². The van der Waals surface area contributed by atoms with Crippen LogP contribution in [0.15, 0.2) is 42.5 Å². The lowest BCUT2D eigenvalue weighted by atomic mass is 10.1. The van der Waals surface area contributed by atoms with Crippen LogP contribution in [-0.4, -0.2) is 25.7 Å². The number of aryl methyl sites for hydroxylation is 2. The molecule has 0 aliphatic carbocycles. The highest BCUT2D eigenvalue weighted by Gasteiger charge is 2.07. The highest BCUT2D eigenvalue weighted by molar-refractivity contribution is 5.90. The van der Waals surface area contributed by atoms with Crippen molar-refractivity contribution in [3.63, 3.8) is 0 Å². The maximum Gasteiger partial charge on any atom is 0.319 e. The average molecular weight is 339 g/mol. The van der Waals surface area contributed by atoms with Gasteiger partial charge in [0.15, 0.2) is 0 Å². The number of nitrogens with zero attached hydrogens (tertiary/aromatic N) is 1. The molecule has 0 radical (unpaired) electrons. The molecule has 2 aromatic rings. The summed E-state index contributed by atoms with van der Waals surface area (Å²) in [5.74, 6) is 0. The first-order chi connectivity index (χ1) is 12.0. The zero-order valence-corrected chi connectivity index (χ0v) is 15.7. The molecule has 0 aliphatic heterocycles. The fraction of sp³-hybridized carbons (Fsp3) is 0.381. The van der Waals surface area contributed by atoms with Crippen LogP contribution in [0.3, 0.4) is 0 Å². The van der Waals surface area contributed by atoms with E-state index in [1.807, 2.05) is 13.0 Å².